The van der Waals surface area contributed by atoms with Crippen molar-refractivity contribution in [2.75, 3.05) is 27.2 Å². The second kappa shape index (κ2) is 10.6. The number of hydrogen-bond acceptors (Lipinski definition) is 6. The lowest BCUT2D eigenvalue weighted by atomic mass is 9.95. The minimum Gasteiger partial charge on any atom is -0.872 e. The number of non-ortho nitro benzene ring substituents is 1. The van der Waals surface area contributed by atoms with Gasteiger partial charge in [0.05, 0.1) is 37.7 Å². The number of carbonyl (C=O) groups excluding carboxylic acids is 2. The molecular weight excluding hydrogens is 457 g/mol. The average molecular weight is 486 g/mol. The third-order valence-electron chi connectivity index (χ3n) is 5.58. The van der Waals surface area contributed by atoms with Gasteiger partial charge in [0, 0.05) is 30.7 Å². The molecule has 1 amide bonds. The molecule has 0 spiro atoms. The number of amides is 1. The molecule has 1 atom stereocenters. The number of carbonyl (C=O) groups is 2. The number of nitrogens with zero attached hydrogens (tertiary/aromatic N) is 2. The fourth-order valence-electron chi connectivity index (χ4n) is 3.98. The van der Waals surface area contributed by atoms with Crippen LogP contribution in [0.5, 0.6) is 5.75 Å². The van der Waals surface area contributed by atoms with Crippen LogP contribution < -0.4 is 14.7 Å². The molecule has 186 valence electrons. The molecule has 0 aliphatic carbocycles. The Kier molecular flexibility index (Phi) is 7.85. The second-order valence-corrected chi connectivity index (χ2v) is 8.94. The lowest BCUT2D eigenvalue weighted by molar-refractivity contribution is -0.858. The topological polar surface area (TPSA) is 117 Å². The molecule has 1 unspecified atom stereocenters. The Hall–Kier alpha value is -3.79. The van der Waals surface area contributed by atoms with Gasteiger partial charge in [0.1, 0.15) is 0 Å². The highest BCUT2D eigenvalue weighted by Gasteiger charge is 2.44. The first-order valence-electron chi connectivity index (χ1n) is 11.3. The minimum atomic E-state index is -1.03. The van der Waals surface area contributed by atoms with E-state index in [0.717, 1.165) is 17.5 Å². The Morgan fingerprint density at radius 2 is 1.83 bits per heavy atom. The molecule has 2 aromatic rings. The number of benzene rings is 2. The first kappa shape index (κ1) is 25.8. The van der Waals surface area contributed by atoms with E-state index in [1.54, 1.807) is 13.8 Å². The molecule has 1 aliphatic heterocycles. The molecule has 2 aromatic carbocycles. The summed E-state index contributed by atoms with van der Waals surface area (Å²) in [6, 6.07) is 7.96. The van der Waals surface area contributed by atoms with Crippen LogP contribution >= 0.6 is 0 Å². The van der Waals surface area contributed by atoms with Crippen molar-refractivity contribution in [1.82, 2.24) is 4.90 Å². The smallest absolute Gasteiger partial charge is 0.295 e. The van der Waals surface area contributed by atoms with E-state index in [1.807, 2.05) is 14.1 Å². The summed E-state index contributed by atoms with van der Waals surface area (Å²) >= 11 is 0. The SMILES string of the molecule is CC(C)Oc1ccc(C([O-])=C2C(=O)C(=O)N(CCC[NH+](C)C)C2c2ccc([N+](=O)[O-])cc2)cc1F. The molecule has 35 heavy (non-hydrogen) atoms. The zero-order valence-corrected chi connectivity index (χ0v) is 20.0. The van der Waals surface area contributed by atoms with Crippen LogP contribution in [0.15, 0.2) is 48.0 Å². The van der Waals surface area contributed by atoms with Gasteiger partial charge in [-0.3, -0.25) is 19.7 Å². The Labute approximate surface area is 202 Å². The van der Waals surface area contributed by atoms with Crippen LogP contribution in [0.1, 0.15) is 37.4 Å². The quantitative estimate of drug-likeness (QED) is 0.188. The lowest BCUT2D eigenvalue weighted by Crippen LogP contribution is -3.05. The summed E-state index contributed by atoms with van der Waals surface area (Å²) in [4.78, 5) is 38.9. The van der Waals surface area contributed by atoms with Crippen molar-refractivity contribution in [2.45, 2.75) is 32.4 Å². The molecular formula is C25H28FN3O6. The van der Waals surface area contributed by atoms with Gasteiger partial charge in [-0.15, -0.1) is 0 Å². The summed E-state index contributed by atoms with van der Waals surface area (Å²) in [6.45, 7) is 4.40. The van der Waals surface area contributed by atoms with E-state index in [0.29, 0.717) is 12.0 Å². The molecule has 0 saturated carbocycles. The second-order valence-electron chi connectivity index (χ2n) is 8.94. The summed E-state index contributed by atoms with van der Waals surface area (Å²) < 4.78 is 19.9. The molecule has 0 bridgehead atoms. The van der Waals surface area contributed by atoms with Gasteiger partial charge in [0.2, 0.25) is 5.78 Å². The molecule has 1 heterocycles. The summed E-state index contributed by atoms with van der Waals surface area (Å²) in [6.07, 6.45) is 0.292. The first-order valence-corrected chi connectivity index (χ1v) is 11.3. The number of ether oxygens (including phenoxy) is 1. The molecule has 1 aliphatic rings. The Bertz CT molecular complexity index is 1160. The van der Waals surface area contributed by atoms with Crippen LogP contribution in [-0.4, -0.2) is 54.8 Å². The Morgan fingerprint density at radius 1 is 1.17 bits per heavy atom. The Morgan fingerprint density at radius 3 is 2.37 bits per heavy atom. The third-order valence-corrected chi connectivity index (χ3v) is 5.58. The fraction of sp³-hybridized carbons (Fsp3) is 0.360. The van der Waals surface area contributed by atoms with Gasteiger partial charge in [-0.1, -0.05) is 11.8 Å². The predicted molar refractivity (Wildman–Crippen MR) is 124 cm³/mol. The van der Waals surface area contributed by atoms with Crippen LogP contribution in [0.3, 0.4) is 0 Å². The van der Waals surface area contributed by atoms with E-state index in [4.69, 9.17) is 4.74 Å². The van der Waals surface area contributed by atoms with Gasteiger partial charge in [-0.2, -0.15) is 0 Å². The van der Waals surface area contributed by atoms with Crippen LogP contribution in [0, 0.1) is 15.9 Å². The summed E-state index contributed by atoms with van der Waals surface area (Å²) in [5.74, 6) is -3.36. The highest BCUT2D eigenvalue weighted by Crippen LogP contribution is 2.39. The number of quaternary nitrogens is 1. The van der Waals surface area contributed by atoms with Crippen molar-refractivity contribution in [1.29, 1.82) is 0 Å². The van der Waals surface area contributed by atoms with Crippen molar-refractivity contribution in [2.24, 2.45) is 0 Å². The van der Waals surface area contributed by atoms with E-state index >= 15 is 0 Å². The van der Waals surface area contributed by atoms with E-state index in [1.165, 1.54) is 41.3 Å². The number of nitro benzene ring substituents is 1. The molecule has 0 radical (unpaired) electrons. The van der Waals surface area contributed by atoms with Gasteiger partial charge >= 0.3 is 0 Å². The van der Waals surface area contributed by atoms with Crippen molar-refractivity contribution < 1.29 is 33.6 Å². The normalized spacial score (nSPS) is 17.5. The molecule has 1 saturated heterocycles. The van der Waals surface area contributed by atoms with Crippen LogP contribution in [-0.2, 0) is 9.59 Å². The number of nitrogens with one attached hydrogen (secondary N) is 1. The predicted octanol–water partition coefficient (Wildman–Crippen LogP) is 1.28. The highest BCUT2D eigenvalue weighted by molar-refractivity contribution is 6.46. The number of Topliss-reactive ketones (excluding diaryl/α,β-unsaturated/α-hetero) is 1. The van der Waals surface area contributed by atoms with Gasteiger partial charge in [-0.05, 0) is 49.2 Å². The van der Waals surface area contributed by atoms with Crippen LogP contribution in [0.25, 0.3) is 5.76 Å². The number of ketones is 1. The van der Waals surface area contributed by atoms with Gasteiger partial charge in [0.25, 0.3) is 11.6 Å². The van der Waals surface area contributed by atoms with Crippen molar-refractivity contribution in [3.63, 3.8) is 0 Å². The van der Waals surface area contributed by atoms with Crippen molar-refractivity contribution in [3.8, 4) is 5.75 Å². The number of halogens is 1. The van der Waals surface area contributed by atoms with Crippen LogP contribution in [0.2, 0.25) is 0 Å². The number of likely N-dealkylation sites (tertiary alicyclic amines) is 1. The van der Waals surface area contributed by atoms with Crippen molar-refractivity contribution >= 4 is 23.1 Å². The highest BCUT2D eigenvalue weighted by atomic mass is 19.1. The molecule has 9 nitrogen and oxygen atoms in total. The standard InChI is InChI=1S/C25H28FN3O6/c1-15(2)35-20-11-8-17(14-19(20)26)23(30)21-22(16-6-9-18(10-7-16)29(33)34)28(25(32)24(21)31)13-5-12-27(3)4/h6-11,14-15,22,30H,5,12-13H2,1-4H3. The molecule has 1 N–H and O–H groups in total. The number of rotatable bonds is 9. The lowest BCUT2D eigenvalue weighted by Gasteiger charge is -2.27. The monoisotopic (exact) mass is 485 g/mol. The average Bonchev–Trinajstić information content (AvgIpc) is 3.04. The first-order chi connectivity index (χ1) is 16.5. The zero-order valence-electron chi connectivity index (χ0n) is 20.0. The van der Waals surface area contributed by atoms with Crippen molar-refractivity contribution in [3.05, 3.63) is 75.1 Å². The summed E-state index contributed by atoms with van der Waals surface area (Å²) in [5.41, 5.74) is -0.183. The molecule has 0 aromatic heterocycles. The third kappa shape index (κ3) is 5.65. The van der Waals surface area contributed by atoms with Crippen LogP contribution in [0.4, 0.5) is 10.1 Å². The number of nitro groups is 1. The Balaban J connectivity index is 2.09. The van der Waals surface area contributed by atoms with Gasteiger partial charge in [0.15, 0.2) is 11.6 Å². The maximum atomic E-state index is 14.6. The fourth-order valence-corrected chi connectivity index (χ4v) is 3.98. The molecule has 3 rings (SSSR count). The largest absolute Gasteiger partial charge is 0.872 e. The zero-order chi connectivity index (χ0) is 25.9. The maximum Gasteiger partial charge on any atom is 0.295 e. The van der Waals surface area contributed by atoms with E-state index in [2.05, 4.69) is 0 Å². The summed E-state index contributed by atoms with van der Waals surface area (Å²) in [7, 11) is 3.90. The van der Waals surface area contributed by atoms with Gasteiger partial charge < -0.3 is 19.6 Å². The molecule has 1 fully saturated rings. The van der Waals surface area contributed by atoms with Gasteiger partial charge in [-0.25, -0.2) is 4.39 Å². The van der Waals surface area contributed by atoms with E-state index < -0.39 is 34.2 Å². The van der Waals surface area contributed by atoms with E-state index in [-0.39, 0.29) is 35.2 Å². The summed E-state index contributed by atoms with van der Waals surface area (Å²) in [5, 5.41) is 24.5. The minimum absolute atomic E-state index is 0.0323. The maximum absolute atomic E-state index is 14.6. The molecule has 10 heteroatoms. The van der Waals surface area contributed by atoms with E-state index in [9.17, 15) is 29.2 Å². The number of hydrogen-bond donors (Lipinski definition) is 1.